The van der Waals surface area contributed by atoms with Crippen LogP contribution in [0.3, 0.4) is 0 Å². The van der Waals surface area contributed by atoms with Gasteiger partial charge in [-0.3, -0.25) is 0 Å². The van der Waals surface area contributed by atoms with Gasteiger partial charge in [-0.1, -0.05) is 90.1 Å². The monoisotopic (exact) mass is 424 g/mol. The smallest absolute Gasteiger partial charge is 0.0772 e. The van der Waals surface area contributed by atoms with Crippen molar-refractivity contribution < 1.29 is 15.3 Å². The maximum atomic E-state index is 10.3. The van der Waals surface area contributed by atoms with Crippen molar-refractivity contribution in [2.24, 2.45) is 5.41 Å². The molecule has 0 aliphatic carbocycles. The zero-order chi connectivity index (χ0) is 23.2. The molecule has 3 N–H and O–H groups in total. The van der Waals surface area contributed by atoms with Crippen molar-refractivity contribution in [2.45, 2.75) is 85.5 Å². The van der Waals surface area contributed by atoms with Crippen LogP contribution in [0.5, 0.6) is 0 Å². The van der Waals surface area contributed by atoms with E-state index in [1.807, 2.05) is 51.1 Å². The molecule has 0 aliphatic heterocycles. The number of benzene rings is 2. The average molecular weight is 425 g/mol. The van der Waals surface area contributed by atoms with E-state index in [1.54, 1.807) is 0 Å². The van der Waals surface area contributed by atoms with Gasteiger partial charge in [-0.05, 0) is 63.5 Å². The maximum absolute atomic E-state index is 10.3. The number of hydrogen-bond donors (Lipinski definition) is 3. The summed E-state index contributed by atoms with van der Waals surface area (Å²) in [5.74, 6) is 0. The summed E-state index contributed by atoms with van der Waals surface area (Å²) >= 11 is 0. The van der Waals surface area contributed by atoms with Gasteiger partial charge in [-0.2, -0.15) is 0 Å². The van der Waals surface area contributed by atoms with Crippen molar-refractivity contribution in [1.29, 1.82) is 0 Å². The number of aliphatic hydroxyl groups is 3. The van der Waals surface area contributed by atoms with Crippen molar-refractivity contribution >= 4 is 6.08 Å². The lowest BCUT2D eigenvalue weighted by atomic mass is 9.78. The molecule has 2 aromatic carbocycles. The molecule has 0 saturated heterocycles. The number of aryl methyl sites for hydroxylation is 2. The van der Waals surface area contributed by atoms with Crippen LogP contribution < -0.4 is 0 Å². The van der Waals surface area contributed by atoms with E-state index in [2.05, 4.69) is 39.0 Å². The summed E-state index contributed by atoms with van der Waals surface area (Å²) < 4.78 is 0. The first-order valence-electron chi connectivity index (χ1n) is 11.3. The highest BCUT2D eigenvalue weighted by atomic mass is 16.3. The van der Waals surface area contributed by atoms with Gasteiger partial charge in [-0.15, -0.1) is 0 Å². The third-order valence-electron chi connectivity index (χ3n) is 6.30. The van der Waals surface area contributed by atoms with Crippen LogP contribution in [0.15, 0.2) is 42.5 Å². The highest BCUT2D eigenvalue weighted by Gasteiger charge is 2.22. The van der Waals surface area contributed by atoms with Crippen LogP contribution in [0, 0.1) is 5.41 Å². The SMILES string of the molecule is CCc1cc(C(C)(C)CCc2ccc(CO)c(CO)c2)ccc1C=CC(O)C(C)(C)C. The predicted octanol–water partition coefficient (Wildman–Crippen LogP) is 5.56. The van der Waals surface area contributed by atoms with Gasteiger partial charge in [0.15, 0.2) is 0 Å². The van der Waals surface area contributed by atoms with Crippen molar-refractivity contribution in [3.8, 4) is 0 Å². The summed E-state index contributed by atoms with van der Waals surface area (Å²) in [7, 11) is 0. The topological polar surface area (TPSA) is 60.7 Å². The lowest BCUT2D eigenvalue weighted by molar-refractivity contribution is 0.106. The Bertz CT molecular complexity index is 888. The second-order valence-electron chi connectivity index (χ2n) is 10.2. The van der Waals surface area contributed by atoms with E-state index in [1.165, 1.54) is 16.7 Å². The molecule has 170 valence electrons. The molecule has 1 atom stereocenters. The molecule has 31 heavy (non-hydrogen) atoms. The van der Waals surface area contributed by atoms with Gasteiger partial charge in [-0.25, -0.2) is 0 Å². The molecule has 0 aliphatic rings. The molecule has 1 unspecified atom stereocenters. The second kappa shape index (κ2) is 10.6. The molecule has 0 spiro atoms. The molecule has 0 saturated carbocycles. The van der Waals surface area contributed by atoms with E-state index in [4.69, 9.17) is 0 Å². The average Bonchev–Trinajstić information content (AvgIpc) is 2.74. The quantitative estimate of drug-likeness (QED) is 0.493. The van der Waals surface area contributed by atoms with E-state index in [9.17, 15) is 15.3 Å². The lowest BCUT2D eigenvalue weighted by Crippen LogP contribution is -2.23. The molecular weight excluding hydrogens is 384 g/mol. The van der Waals surface area contributed by atoms with Crippen LogP contribution in [0.1, 0.15) is 81.3 Å². The summed E-state index contributed by atoms with van der Waals surface area (Å²) in [6.07, 6.45) is 6.30. The molecule has 0 fully saturated rings. The van der Waals surface area contributed by atoms with Gasteiger partial charge in [0.1, 0.15) is 0 Å². The minimum atomic E-state index is -0.477. The van der Waals surface area contributed by atoms with E-state index < -0.39 is 6.10 Å². The number of aliphatic hydroxyl groups excluding tert-OH is 3. The fourth-order valence-corrected chi connectivity index (χ4v) is 3.72. The van der Waals surface area contributed by atoms with Crippen molar-refractivity contribution in [3.63, 3.8) is 0 Å². The van der Waals surface area contributed by atoms with Gasteiger partial charge in [0.2, 0.25) is 0 Å². The van der Waals surface area contributed by atoms with Crippen LogP contribution in [0.2, 0.25) is 0 Å². The molecule has 2 aromatic rings. The van der Waals surface area contributed by atoms with Gasteiger partial charge in [0, 0.05) is 0 Å². The Balaban J connectivity index is 2.18. The lowest BCUT2D eigenvalue weighted by Gasteiger charge is -2.27. The first kappa shape index (κ1) is 25.3. The highest BCUT2D eigenvalue weighted by molar-refractivity contribution is 5.56. The minimum Gasteiger partial charge on any atom is -0.392 e. The molecule has 3 nitrogen and oxygen atoms in total. The molecule has 0 radical (unpaired) electrons. The molecule has 0 aromatic heterocycles. The zero-order valence-corrected chi connectivity index (χ0v) is 20.1. The van der Waals surface area contributed by atoms with E-state index in [0.29, 0.717) is 0 Å². The Hall–Kier alpha value is -1.94. The van der Waals surface area contributed by atoms with E-state index in [-0.39, 0.29) is 24.0 Å². The van der Waals surface area contributed by atoms with Gasteiger partial charge < -0.3 is 15.3 Å². The highest BCUT2D eigenvalue weighted by Crippen LogP contribution is 2.31. The van der Waals surface area contributed by atoms with Crippen LogP contribution in [-0.4, -0.2) is 21.4 Å². The summed E-state index contributed by atoms with van der Waals surface area (Å²) in [5, 5.41) is 29.3. The Morgan fingerprint density at radius 3 is 2.13 bits per heavy atom. The summed E-state index contributed by atoms with van der Waals surface area (Å²) in [6.45, 7) is 12.7. The number of rotatable bonds is 9. The summed E-state index contributed by atoms with van der Waals surface area (Å²) in [5.41, 5.74) is 6.38. The first-order chi connectivity index (χ1) is 14.5. The zero-order valence-electron chi connectivity index (χ0n) is 20.1. The van der Waals surface area contributed by atoms with Crippen LogP contribution in [0.25, 0.3) is 6.08 Å². The molecule has 2 rings (SSSR count). The van der Waals surface area contributed by atoms with Crippen LogP contribution >= 0.6 is 0 Å². The largest absolute Gasteiger partial charge is 0.392 e. The Morgan fingerprint density at radius 2 is 1.55 bits per heavy atom. The van der Waals surface area contributed by atoms with E-state index in [0.717, 1.165) is 36.0 Å². The predicted molar refractivity (Wildman–Crippen MR) is 130 cm³/mol. The molecule has 0 heterocycles. The fourth-order valence-electron chi connectivity index (χ4n) is 3.72. The van der Waals surface area contributed by atoms with E-state index >= 15 is 0 Å². The Morgan fingerprint density at radius 1 is 0.871 bits per heavy atom. The Labute approximate surface area is 188 Å². The normalized spacial score (nSPS) is 13.7. The molecular formula is C28H40O3. The third-order valence-corrected chi connectivity index (χ3v) is 6.30. The van der Waals surface area contributed by atoms with Crippen molar-refractivity contribution in [2.75, 3.05) is 0 Å². The van der Waals surface area contributed by atoms with Gasteiger partial charge in [0.25, 0.3) is 0 Å². The number of hydrogen-bond acceptors (Lipinski definition) is 3. The second-order valence-corrected chi connectivity index (χ2v) is 10.2. The summed E-state index contributed by atoms with van der Waals surface area (Å²) in [6, 6.07) is 12.6. The molecule has 0 bridgehead atoms. The summed E-state index contributed by atoms with van der Waals surface area (Å²) in [4.78, 5) is 0. The van der Waals surface area contributed by atoms with Crippen LogP contribution in [0.4, 0.5) is 0 Å². The standard InChI is InChI=1S/C28H40O3/c1-7-21-17-25(12-10-22(21)11-13-26(31)27(2,3)4)28(5,6)15-14-20-8-9-23(18-29)24(16-20)19-30/h8-13,16-17,26,29-31H,7,14-15,18-19H2,1-6H3. The van der Waals surface area contributed by atoms with Crippen molar-refractivity contribution in [1.82, 2.24) is 0 Å². The minimum absolute atomic E-state index is 0.00607. The van der Waals surface area contributed by atoms with Gasteiger partial charge in [0.05, 0.1) is 19.3 Å². The third kappa shape index (κ3) is 6.77. The fraction of sp³-hybridized carbons (Fsp3) is 0.500. The molecule has 3 heteroatoms. The molecule has 0 amide bonds. The van der Waals surface area contributed by atoms with Crippen LogP contribution in [-0.2, 0) is 31.5 Å². The maximum Gasteiger partial charge on any atom is 0.0772 e. The van der Waals surface area contributed by atoms with Gasteiger partial charge >= 0.3 is 0 Å². The first-order valence-corrected chi connectivity index (χ1v) is 11.3. The van der Waals surface area contributed by atoms with Crippen molar-refractivity contribution in [3.05, 3.63) is 75.9 Å². The Kier molecular flexibility index (Phi) is 8.65.